The molecule has 0 unspecified atom stereocenters. The second-order valence-corrected chi connectivity index (χ2v) is 8.22. The molecule has 1 amide bonds. The maximum absolute atomic E-state index is 12.3. The summed E-state index contributed by atoms with van der Waals surface area (Å²) in [6.45, 7) is 5.74. The summed E-state index contributed by atoms with van der Waals surface area (Å²) in [6, 6.07) is 14.8. The number of esters is 1. The quantitative estimate of drug-likeness (QED) is 0.550. The molecule has 0 radical (unpaired) electrons. The molecule has 0 aliphatic carbocycles. The number of amides is 1. The first-order valence-electron chi connectivity index (χ1n) is 10.1. The molecule has 0 saturated carbocycles. The fourth-order valence-corrected chi connectivity index (χ4v) is 3.16. The van der Waals surface area contributed by atoms with E-state index in [1.165, 1.54) is 7.11 Å². The van der Waals surface area contributed by atoms with Crippen LogP contribution < -0.4 is 10.1 Å². The second kappa shape index (κ2) is 9.55. The molecule has 1 atom stereocenters. The Kier molecular flexibility index (Phi) is 6.84. The topological polar surface area (TPSA) is 89.7 Å². The van der Waals surface area contributed by atoms with E-state index in [9.17, 15) is 9.59 Å². The number of benzene rings is 2. The minimum Gasteiger partial charge on any atom is -0.489 e. The molecule has 0 bridgehead atoms. The van der Waals surface area contributed by atoms with Crippen LogP contribution in [0.2, 0.25) is 0 Å². The molecule has 3 aromatic rings. The highest BCUT2D eigenvalue weighted by molar-refractivity contribution is 5.87. The number of nitrogens with one attached hydrogen (secondary N) is 2. The molecular formula is C24H28N2O5. The first-order valence-corrected chi connectivity index (χ1v) is 10.1. The number of aromatic nitrogens is 1. The van der Waals surface area contributed by atoms with Crippen molar-refractivity contribution in [2.45, 2.75) is 45.4 Å². The van der Waals surface area contributed by atoms with E-state index in [4.69, 9.17) is 14.2 Å². The van der Waals surface area contributed by atoms with Crippen molar-refractivity contribution in [3.63, 3.8) is 0 Å². The van der Waals surface area contributed by atoms with Gasteiger partial charge < -0.3 is 24.5 Å². The van der Waals surface area contributed by atoms with Crippen LogP contribution in [0.5, 0.6) is 5.75 Å². The Bertz CT molecular complexity index is 1040. The lowest BCUT2D eigenvalue weighted by Crippen LogP contribution is -2.45. The number of carbonyl (C=O) groups excluding carboxylic acids is 2. The number of ether oxygens (including phenoxy) is 3. The molecule has 3 rings (SSSR count). The Hall–Kier alpha value is -3.48. The smallest absolute Gasteiger partial charge is 0.408 e. The Morgan fingerprint density at radius 2 is 1.84 bits per heavy atom. The van der Waals surface area contributed by atoms with Gasteiger partial charge in [-0.1, -0.05) is 30.3 Å². The molecule has 7 heteroatoms. The van der Waals surface area contributed by atoms with E-state index in [-0.39, 0.29) is 6.42 Å². The second-order valence-electron chi connectivity index (χ2n) is 8.22. The van der Waals surface area contributed by atoms with Crippen molar-refractivity contribution in [3.05, 3.63) is 65.9 Å². The average molecular weight is 424 g/mol. The van der Waals surface area contributed by atoms with Crippen LogP contribution in [0.3, 0.4) is 0 Å². The number of hydrogen-bond acceptors (Lipinski definition) is 5. The Morgan fingerprint density at radius 3 is 2.52 bits per heavy atom. The van der Waals surface area contributed by atoms with Gasteiger partial charge in [-0.25, -0.2) is 9.59 Å². The highest BCUT2D eigenvalue weighted by Crippen LogP contribution is 2.25. The molecule has 2 N–H and O–H groups in total. The maximum Gasteiger partial charge on any atom is 0.408 e. The number of fused-ring (bicyclic) bond motifs is 1. The van der Waals surface area contributed by atoms with E-state index < -0.39 is 23.7 Å². The van der Waals surface area contributed by atoms with E-state index in [1.807, 2.05) is 54.7 Å². The molecule has 0 aliphatic rings. The zero-order chi connectivity index (χ0) is 22.4. The van der Waals surface area contributed by atoms with Crippen molar-refractivity contribution >= 4 is 23.0 Å². The molecule has 7 nitrogen and oxygen atoms in total. The Balaban J connectivity index is 1.76. The zero-order valence-corrected chi connectivity index (χ0v) is 18.2. The summed E-state index contributed by atoms with van der Waals surface area (Å²) >= 11 is 0. The van der Waals surface area contributed by atoms with Crippen LogP contribution in [0.15, 0.2) is 54.7 Å². The van der Waals surface area contributed by atoms with Gasteiger partial charge in [0.25, 0.3) is 0 Å². The largest absolute Gasteiger partial charge is 0.489 e. The highest BCUT2D eigenvalue weighted by Gasteiger charge is 2.26. The van der Waals surface area contributed by atoms with E-state index in [2.05, 4.69) is 10.3 Å². The van der Waals surface area contributed by atoms with Crippen molar-refractivity contribution in [1.82, 2.24) is 10.3 Å². The van der Waals surface area contributed by atoms with Crippen LogP contribution in [-0.4, -0.2) is 35.8 Å². The molecule has 0 spiro atoms. The van der Waals surface area contributed by atoms with Gasteiger partial charge >= 0.3 is 12.1 Å². The summed E-state index contributed by atoms with van der Waals surface area (Å²) in [7, 11) is 1.29. The Labute approximate surface area is 181 Å². The third-order valence-electron chi connectivity index (χ3n) is 4.59. The summed E-state index contributed by atoms with van der Waals surface area (Å²) in [5, 5.41) is 3.52. The maximum atomic E-state index is 12.3. The predicted octanol–water partition coefficient (Wildman–Crippen LogP) is 4.36. The molecule has 1 aromatic heterocycles. The summed E-state index contributed by atoms with van der Waals surface area (Å²) in [4.78, 5) is 27.7. The van der Waals surface area contributed by atoms with E-state index >= 15 is 0 Å². The van der Waals surface area contributed by atoms with Crippen LogP contribution in [0.25, 0.3) is 10.9 Å². The number of H-pyrrole nitrogens is 1. The van der Waals surface area contributed by atoms with Crippen LogP contribution in [0, 0.1) is 0 Å². The van der Waals surface area contributed by atoms with Crippen molar-refractivity contribution in [2.75, 3.05) is 7.11 Å². The number of methoxy groups -OCH3 is 1. The number of rotatable bonds is 7. The SMILES string of the molecule is COC(=O)[C@H](Cc1c[nH]c2ccc(OCc3ccccc3)cc12)NC(=O)OC(C)(C)C. The minimum atomic E-state index is -0.882. The monoisotopic (exact) mass is 424 g/mol. The molecule has 2 aromatic carbocycles. The van der Waals surface area contributed by atoms with Gasteiger partial charge in [0.15, 0.2) is 0 Å². The van der Waals surface area contributed by atoms with Crippen molar-refractivity contribution in [1.29, 1.82) is 0 Å². The van der Waals surface area contributed by atoms with Gasteiger partial charge in [0.05, 0.1) is 7.11 Å². The van der Waals surface area contributed by atoms with Crippen LogP contribution in [0.4, 0.5) is 4.79 Å². The molecule has 164 valence electrons. The van der Waals surface area contributed by atoms with Gasteiger partial charge in [0.1, 0.15) is 24.0 Å². The zero-order valence-electron chi connectivity index (χ0n) is 18.2. The van der Waals surface area contributed by atoms with Gasteiger partial charge in [-0.15, -0.1) is 0 Å². The molecular weight excluding hydrogens is 396 g/mol. The summed E-state index contributed by atoms with van der Waals surface area (Å²) in [5.74, 6) is 0.170. The molecule has 0 fully saturated rings. The number of hydrogen-bond donors (Lipinski definition) is 2. The molecule has 31 heavy (non-hydrogen) atoms. The lowest BCUT2D eigenvalue weighted by molar-refractivity contribution is -0.143. The normalized spacial score (nSPS) is 12.3. The van der Waals surface area contributed by atoms with Crippen LogP contribution in [-0.2, 0) is 27.3 Å². The number of carbonyl (C=O) groups is 2. The third-order valence-corrected chi connectivity index (χ3v) is 4.59. The summed E-state index contributed by atoms with van der Waals surface area (Å²) in [6.07, 6.45) is 1.39. The van der Waals surface area contributed by atoms with E-state index in [0.29, 0.717) is 12.4 Å². The molecule has 1 heterocycles. The van der Waals surface area contributed by atoms with Gasteiger partial charge in [-0.05, 0) is 50.1 Å². The summed E-state index contributed by atoms with van der Waals surface area (Å²) < 4.78 is 16.1. The van der Waals surface area contributed by atoms with Crippen molar-refractivity contribution in [3.8, 4) is 5.75 Å². The number of aromatic amines is 1. The fraction of sp³-hybridized carbons (Fsp3) is 0.333. The highest BCUT2D eigenvalue weighted by atomic mass is 16.6. The lowest BCUT2D eigenvalue weighted by atomic mass is 10.0. The van der Waals surface area contributed by atoms with Gasteiger partial charge in [0.2, 0.25) is 0 Å². The van der Waals surface area contributed by atoms with Crippen molar-refractivity contribution in [2.24, 2.45) is 0 Å². The number of alkyl carbamates (subject to hydrolysis) is 1. The summed E-state index contributed by atoms with van der Waals surface area (Å²) in [5.41, 5.74) is 2.16. The first-order chi connectivity index (χ1) is 14.7. The predicted molar refractivity (Wildman–Crippen MR) is 118 cm³/mol. The van der Waals surface area contributed by atoms with Gasteiger partial charge in [0, 0.05) is 23.5 Å². The lowest BCUT2D eigenvalue weighted by Gasteiger charge is -2.22. The fourth-order valence-electron chi connectivity index (χ4n) is 3.16. The van der Waals surface area contributed by atoms with E-state index in [0.717, 1.165) is 22.0 Å². The third kappa shape index (κ3) is 6.25. The molecule has 0 aliphatic heterocycles. The van der Waals surface area contributed by atoms with Gasteiger partial charge in [-0.2, -0.15) is 0 Å². The Morgan fingerprint density at radius 1 is 1.10 bits per heavy atom. The minimum absolute atomic E-state index is 0.244. The standard InChI is InChI=1S/C24H28N2O5/c1-24(2,3)31-23(28)26-21(22(27)29-4)12-17-14-25-20-11-10-18(13-19(17)20)30-15-16-8-6-5-7-9-16/h5-11,13-14,21,25H,12,15H2,1-4H3,(H,26,28)/t21-/m0/s1. The van der Waals surface area contributed by atoms with Gasteiger partial charge in [-0.3, -0.25) is 0 Å². The first kappa shape index (κ1) is 22.2. The average Bonchev–Trinajstić information content (AvgIpc) is 3.12. The van der Waals surface area contributed by atoms with Crippen LogP contribution >= 0.6 is 0 Å². The molecule has 0 saturated heterocycles. The van der Waals surface area contributed by atoms with Crippen LogP contribution in [0.1, 0.15) is 31.9 Å². The van der Waals surface area contributed by atoms with Crippen molar-refractivity contribution < 1.29 is 23.8 Å². The van der Waals surface area contributed by atoms with E-state index in [1.54, 1.807) is 20.8 Å².